The van der Waals surface area contributed by atoms with Crippen LogP contribution in [0.25, 0.3) is 0 Å². The van der Waals surface area contributed by atoms with Crippen molar-refractivity contribution in [3.8, 4) is 5.75 Å². The van der Waals surface area contributed by atoms with Crippen LogP contribution in [0.1, 0.15) is 12.5 Å². The van der Waals surface area contributed by atoms with Gasteiger partial charge in [-0.15, -0.1) is 0 Å². The van der Waals surface area contributed by atoms with Crippen molar-refractivity contribution in [3.63, 3.8) is 0 Å². The Balaban J connectivity index is 1.78. The predicted octanol–water partition coefficient (Wildman–Crippen LogP) is 2.27. The lowest BCUT2D eigenvalue weighted by Crippen LogP contribution is -2.61. The van der Waals surface area contributed by atoms with Gasteiger partial charge >= 0.3 is 0 Å². The molecule has 2 heterocycles. The fourth-order valence-corrected chi connectivity index (χ4v) is 2.75. The number of likely N-dealkylation sites (N-methyl/N-ethyl adjacent to an activating group) is 1. The molecule has 0 unspecified atom stereocenters. The van der Waals surface area contributed by atoms with Crippen LogP contribution in [0.15, 0.2) is 47.1 Å². The van der Waals surface area contributed by atoms with Gasteiger partial charge in [-0.3, -0.25) is 14.5 Å². The summed E-state index contributed by atoms with van der Waals surface area (Å²) in [5.41, 5.74) is -0.700. The van der Waals surface area contributed by atoms with Gasteiger partial charge in [-0.2, -0.15) is 0 Å². The molecule has 1 aromatic heterocycles. The first kappa shape index (κ1) is 16.4. The Morgan fingerprint density at radius 3 is 2.75 bits per heavy atom. The molecular weight excluding hydrogens is 374 g/mol. The minimum atomic E-state index is -1.62. The summed E-state index contributed by atoms with van der Waals surface area (Å²) >= 11 is 3.36. The maximum Gasteiger partial charge on any atom is 0.281 e. The second-order valence-corrected chi connectivity index (χ2v) is 6.55. The molecule has 0 fully saturated rings. The number of ether oxygens (including phenoxy) is 1. The van der Waals surface area contributed by atoms with Crippen LogP contribution >= 0.6 is 15.9 Å². The smallest absolute Gasteiger partial charge is 0.281 e. The zero-order valence-corrected chi connectivity index (χ0v) is 14.8. The quantitative estimate of drug-likeness (QED) is 0.817. The van der Waals surface area contributed by atoms with Crippen LogP contribution in [0.3, 0.4) is 0 Å². The van der Waals surface area contributed by atoms with Crippen LogP contribution < -0.4 is 15.0 Å². The number of halogens is 1. The fourth-order valence-electron chi connectivity index (χ4n) is 2.49. The van der Waals surface area contributed by atoms with E-state index in [0.29, 0.717) is 18.1 Å². The summed E-state index contributed by atoms with van der Waals surface area (Å²) in [5.74, 6) is -0.139. The minimum Gasteiger partial charge on any atom is -0.464 e. The highest BCUT2D eigenvalue weighted by Crippen LogP contribution is 2.35. The van der Waals surface area contributed by atoms with E-state index >= 15 is 0 Å². The molecule has 0 aliphatic carbocycles. The molecule has 1 atom stereocenters. The lowest BCUT2D eigenvalue weighted by molar-refractivity contribution is -0.148. The third kappa shape index (κ3) is 2.87. The molecule has 0 spiro atoms. The van der Waals surface area contributed by atoms with Crippen LogP contribution in [0.5, 0.6) is 5.75 Å². The molecule has 1 N–H and O–H groups in total. The molecule has 1 aliphatic heterocycles. The Kier molecular flexibility index (Phi) is 4.28. The van der Waals surface area contributed by atoms with Crippen molar-refractivity contribution in [1.29, 1.82) is 0 Å². The van der Waals surface area contributed by atoms with E-state index in [1.165, 1.54) is 11.8 Å². The van der Waals surface area contributed by atoms with Crippen LogP contribution in [0.4, 0.5) is 5.82 Å². The average molecular weight is 390 g/mol. The second kappa shape index (κ2) is 6.24. The van der Waals surface area contributed by atoms with E-state index in [-0.39, 0.29) is 0 Å². The van der Waals surface area contributed by atoms with Gasteiger partial charge in [0.15, 0.2) is 11.6 Å². The van der Waals surface area contributed by atoms with E-state index in [1.54, 1.807) is 25.4 Å². The summed E-state index contributed by atoms with van der Waals surface area (Å²) < 4.78 is 6.66. The standard InChI is InChI=1S/C17H16BrN3O3/c1-17(15(22)20-10-11-5-7-12(18)8-6-11)16(23)21(2)14-13(24-17)4-3-9-19-14/h3-9H,10H2,1-2H3,(H,20,22)/t17-/m0/s1. The molecule has 0 radical (unpaired) electrons. The molecule has 24 heavy (non-hydrogen) atoms. The summed E-state index contributed by atoms with van der Waals surface area (Å²) in [6, 6.07) is 10.9. The van der Waals surface area contributed by atoms with Crippen molar-refractivity contribution in [2.24, 2.45) is 0 Å². The van der Waals surface area contributed by atoms with Crippen molar-refractivity contribution >= 4 is 33.6 Å². The van der Waals surface area contributed by atoms with Crippen molar-refractivity contribution in [2.75, 3.05) is 11.9 Å². The zero-order chi connectivity index (χ0) is 17.3. The van der Waals surface area contributed by atoms with E-state index in [2.05, 4.69) is 26.2 Å². The number of anilines is 1. The molecule has 124 valence electrons. The number of benzene rings is 1. The molecule has 2 aromatic rings. The molecule has 2 amide bonds. The highest BCUT2D eigenvalue weighted by molar-refractivity contribution is 9.10. The lowest BCUT2D eigenvalue weighted by atomic mass is 10.0. The third-order valence-corrected chi connectivity index (χ3v) is 4.42. The van der Waals surface area contributed by atoms with Crippen molar-refractivity contribution in [3.05, 3.63) is 52.6 Å². The van der Waals surface area contributed by atoms with Gasteiger partial charge in [0.1, 0.15) is 0 Å². The molecule has 1 aromatic carbocycles. The van der Waals surface area contributed by atoms with Gasteiger partial charge in [0, 0.05) is 24.3 Å². The number of carbonyl (C=O) groups is 2. The minimum absolute atomic E-state index is 0.307. The SMILES string of the molecule is CN1C(=O)[C@](C)(C(=O)NCc2ccc(Br)cc2)Oc2cccnc21. The maximum absolute atomic E-state index is 12.6. The number of amides is 2. The third-order valence-electron chi connectivity index (χ3n) is 3.90. The summed E-state index contributed by atoms with van der Waals surface area (Å²) in [6.45, 7) is 1.78. The van der Waals surface area contributed by atoms with Gasteiger partial charge in [0.05, 0.1) is 0 Å². The largest absolute Gasteiger partial charge is 0.464 e. The van der Waals surface area contributed by atoms with Gasteiger partial charge in [-0.25, -0.2) is 4.98 Å². The number of pyridine rings is 1. The summed E-state index contributed by atoms with van der Waals surface area (Å²) in [4.78, 5) is 30.7. The predicted molar refractivity (Wildman–Crippen MR) is 92.7 cm³/mol. The topological polar surface area (TPSA) is 71.5 Å². The fraction of sp³-hybridized carbons (Fsp3) is 0.235. The molecule has 0 saturated carbocycles. The number of carbonyl (C=O) groups excluding carboxylic acids is 2. The molecule has 0 saturated heterocycles. The number of rotatable bonds is 3. The Morgan fingerprint density at radius 2 is 2.04 bits per heavy atom. The van der Waals surface area contributed by atoms with E-state index in [1.807, 2.05) is 24.3 Å². The van der Waals surface area contributed by atoms with Crippen LogP contribution in [-0.4, -0.2) is 29.4 Å². The average Bonchev–Trinajstić information content (AvgIpc) is 2.59. The number of hydrogen-bond donors (Lipinski definition) is 1. The molecule has 3 rings (SSSR count). The number of hydrogen-bond acceptors (Lipinski definition) is 4. The zero-order valence-electron chi connectivity index (χ0n) is 13.2. The molecule has 1 aliphatic rings. The Hall–Kier alpha value is -2.41. The van der Waals surface area contributed by atoms with Gasteiger partial charge in [-0.1, -0.05) is 28.1 Å². The summed E-state index contributed by atoms with van der Waals surface area (Å²) in [6.07, 6.45) is 1.57. The first-order chi connectivity index (χ1) is 11.4. The highest BCUT2D eigenvalue weighted by Gasteiger charge is 2.50. The van der Waals surface area contributed by atoms with Gasteiger partial charge in [-0.05, 0) is 36.8 Å². The Labute approximate surface area is 148 Å². The lowest BCUT2D eigenvalue weighted by Gasteiger charge is -2.36. The maximum atomic E-state index is 12.6. The van der Waals surface area contributed by atoms with Crippen LogP contribution in [0.2, 0.25) is 0 Å². The molecular formula is C17H16BrN3O3. The summed E-state index contributed by atoms with van der Waals surface area (Å²) in [7, 11) is 1.58. The molecule has 0 bridgehead atoms. The van der Waals surface area contributed by atoms with Crippen molar-refractivity contribution in [1.82, 2.24) is 10.3 Å². The van der Waals surface area contributed by atoms with Gasteiger partial charge < -0.3 is 10.1 Å². The van der Waals surface area contributed by atoms with Crippen LogP contribution in [-0.2, 0) is 16.1 Å². The monoisotopic (exact) mass is 389 g/mol. The first-order valence-corrected chi connectivity index (χ1v) is 8.16. The number of fused-ring (bicyclic) bond motifs is 1. The second-order valence-electron chi connectivity index (χ2n) is 5.63. The van der Waals surface area contributed by atoms with Crippen LogP contribution in [0, 0.1) is 0 Å². The Morgan fingerprint density at radius 1 is 1.33 bits per heavy atom. The van der Waals surface area contributed by atoms with E-state index in [9.17, 15) is 9.59 Å². The molecule has 6 nitrogen and oxygen atoms in total. The van der Waals surface area contributed by atoms with E-state index in [0.717, 1.165) is 10.0 Å². The Bertz CT molecular complexity index is 794. The number of aromatic nitrogens is 1. The first-order valence-electron chi connectivity index (χ1n) is 7.37. The van der Waals surface area contributed by atoms with Crippen molar-refractivity contribution < 1.29 is 14.3 Å². The normalized spacial score (nSPS) is 19.5. The number of nitrogens with one attached hydrogen (secondary N) is 1. The highest BCUT2D eigenvalue weighted by atomic mass is 79.9. The van der Waals surface area contributed by atoms with Gasteiger partial charge in [0.2, 0.25) is 0 Å². The van der Waals surface area contributed by atoms with Crippen molar-refractivity contribution in [2.45, 2.75) is 19.1 Å². The molecule has 7 heteroatoms. The summed E-state index contributed by atoms with van der Waals surface area (Å²) in [5, 5.41) is 2.76. The number of nitrogens with zero attached hydrogens (tertiary/aromatic N) is 2. The van der Waals surface area contributed by atoms with E-state index < -0.39 is 17.4 Å². The van der Waals surface area contributed by atoms with Gasteiger partial charge in [0.25, 0.3) is 17.4 Å². The van der Waals surface area contributed by atoms with E-state index in [4.69, 9.17) is 4.74 Å².